The third kappa shape index (κ3) is 4.35. The van der Waals surface area contributed by atoms with Gasteiger partial charge in [-0.3, -0.25) is 4.79 Å². The molecule has 2 aromatic rings. The highest BCUT2D eigenvalue weighted by Gasteiger charge is 2.23. The molecule has 0 radical (unpaired) electrons. The van der Waals surface area contributed by atoms with Crippen LogP contribution in [0.2, 0.25) is 0 Å². The van der Waals surface area contributed by atoms with E-state index in [1.54, 1.807) is 13.8 Å². The zero-order valence-electron chi connectivity index (χ0n) is 14.4. The van der Waals surface area contributed by atoms with Crippen molar-refractivity contribution < 1.29 is 18.7 Å². The number of nitrogens with two attached hydrogens (primary N) is 1. The fourth-order valence-electron chi connectivity index (χ4n) is 2.45. The minimum atomic E-state index is -0.853. The molecule has 0 aromatic heterocycles. The minimum Gasteiger partial charge on any atom is -0.445 e. The second-order valence-corrected chi connectivity index (χ2v) is 5.86. The van der Waals surface area contributed by atoms with Crippen molar-refractivity contribution in [3.05, 3.63) is 64.5 Å². The van der Waals surface area contributed by atoms with E-state index in [0.717, 1.165) is 11.6 Å². The molecule has 0 unspecified atom stereocenters. The number of anilines is 1. The minimum absolute atomic E-state index is 0.0527. The Bertz CT molecular complexity index is 791. The molecular weight excluding hydrogens is 323 g/mol. The van der Waals surface area contributed by atoms with Gasteiger partial charge >= 0.3 is 6.09 Å². The lowest BCUT2D eigenvalue weighted by molar-refractivity contribution is 0.0926. The van der Waals surface area contributed by atoms with E-state index in [-0.39, 0.29) is 17.9 Å². The summed E-state index contributed by atoms with van der Waals surface area (Å²) in [6.07, 6.45) is -0.709. The quantitative estimate of drug-likeness (QED) is 0.642. The number of carbonyl (C=O) groups is 2. The van der Waals surface area contributed by atoms with E-state index in [4.69, 9.17) is 10.5 Å². The molecule has 1 atom stereocenters. The lowest BCUT2D eigenvalue weighted by Gasteiger charge is -2.17. The maximum absolute atomic E-state index is 13.7. The zero-order valence-corrected chi connectivity index (χ0v) is 14.4. The normalized spacial score (nSPS) is 11.7. The molecule has 3 N–H and O–H groups in total. The molecule has 25 heavy (non-hydrogen) atoms. The number of amides is 1. The predicted molar refractivity (Wildman–Crippen MR) is 93.8 cm³/mol. The van der Waals surface area contributed by atoms with E-state index in [9.17, 15) is 14.0 Å². The highest BCUT2D eigenvalue weighted by atomic mass is 19.1. The van der Waals surface area contributed by atoms with Gasteiger partial charge in [0, 0.05) is 11.3 Å². The molecule has 0 saturated carbocycles. The molecule has 0 aliphatic carbocycles. The summed E-state index contributed by atoms with van der Waals surface area (Å²) in [5.74, 6) is -0.857. The zero-order chi connectivity index (χ0) is 18.6. The van der Waals surface area contributed by atoms with Crippen LogP contribution in [0.3, 0.4) is 0 Å². The average molecular weight is 344 g/mol. The number of nitrogen functional groups attached to an aromatic ring is 1. The Labute approximate surface area is 146 Å². The molecule has 0 saturated heterocycles. The number of hydrogen-bond donors (Lipinski definition) is 2. The van der Waals surface area contributed by atoms with E-state index in [2.05, 4.69) is 5.32 Å². The lowest BCUT2D eigenvalue weighted by atomic mass is 9.95. The van der Waals surface area contributed by atoms with E-state index >= 15 is 0 Å². The van der Waals surface area contributed by atoms with Gasteiger partial charge in [-0.25, -0.2) is 9.18 Å². The first kappa shape index (κ1) is 18.4. The van der Waals surface area contributed by atoms with Gasteiger partial charge in [0.2, 0.25) is 0 Å². The standard InChI is InChI=1S/C19H21FN2O3/c1-11-12(2)17(16(21)9-15(11)20)18(23)13(3)22-19(24)25-10-14-7-5-4-6-8-14/h4-9,13H,10,21H2,1-3H3,(H,22,24)/t13-/m0/s1. The van der Waals surface area contributed by atoms with Crippen molar-refractivity contribution in [2.75, 3.05) is 5.73 Å². The van der Waals surface area contributed by atoms with Crippen LogP contribution in [0.4, 0.5) is 14.9 Å². The van der Waals surface area contributed by atoms with Crippen LogP contribution >= 0.6 is 0 Å². The molecule has 2 aromatic carbocycles. The molecule has 0 fully saturated rings. The van der Waals surface area contributed by atoms with Gasteiger partial charge in [-0.1, -0.05) is 30.3 Å². The Morgan fingerprint density at radius 2 is 1.84 bits per heavy atom. The lowest BCUT2D eigenvalue weighted by Crippen LogP contribution is -2.39. The number of benzene rings is 2. The Morgan fingerprint density at radius 1 is 1.20 bits per heavy atom. The Balaban J connectivity index is 2.03. The van der Waals surface area contributed by atoms with Gasteiger partial charge in [0.25, 0.3) is 0 Å². The van der Waals surface area contributed by atoms with Crippen LogP contribution in [0.15, 0.2) is 36.4 Å². The summed E-state index contributed by atoms with van der Waals surface area (Å²) in [5, 5.41) is 2.48. The first-order valence-electron chi connectivity index (χ1n) is 7.87. The molecule has 6 heteroatoms. The summed E-state index contributed by atoms with van der Waals surface area (Å²) in [7, 11) is 0. The van der Waals surface area contributed by atoms with Crippen LogP contribution in [-0.2, 0) is 11.3 Å². The molecule has 1 amide bonds. The molecule has 0 spiro atoms. The number of Topliss-reactive ketones (excluding diaryl/α,β-unsaturated/α-hetero) is 1. The number of halogens is 1. The van der Waals surface area contributed by atoms with Gasteiger partial charge in [-0.2, -0.15) is 0 Å². The van der Waals surface area contributed by atoms with Crippen molar-refractivity contribution in [3.8, 4) is 0 Å². The van der Waals surface area contributed by atoms with Crippen LogP contribution in [0.25, 0.3) is 0 Å². The smallest absolute Gasteiger partial charge is 0.408 e. The van der Waals surface area contributed by atoms with Gasteiger partial charge < -0.3 is 15.8 Å². The molecule has 2 rings (SSSR count). The second kappa shape index (κ2) is 7.79. The summed E-state index contributed by atoms with van der Waals surface area (Å²) in [4.78, 5) is 24.5. The SMILES string of the molecule is Cc1c(F)cc(N)c(C(=O)[C@H](C)NC(=O)OCc2ccccc2)c1C. The van der Waals surface area contributed by atoms with Crippen LogP contribution in [0.5, 0.6) is 0 Å². The fraction of sp³-hybridized carbons (Fsp3) is 0.263. The van der Waals surface area contributed by atoms with Crippen LogP contribution in [0.1, 0.15) is 34.0 Å². The molecule has 132 valence electrons. The maximum atomic E-state index is 13.7. The van der Waals surface area contributed by atoms with Gasteiger partial charge in [0.15, 0.2) is 5.78 Å². The molecular formula is C19H21FN2O3. The highest BCUT2D eigenvalue weighted by Crippen LogP contribution is 2.24. The van der Waals surface area contributed by atoms with Gasteiger partial charge in [-0.15, -0.1) is 0 Å². The van der Waals surface area contributed by atoms with Crippen molar-refractivity contribution >= 4 is 17.6 Å². The number of rotatable bonds is 5. The molecule has 0 aliphatic heterocycles. The van der Waals surface area contributed by atoms with Crippen molar-refractivity contribution in [2.45, 2.75) is 33.4 Å². The monoisotopic (exact) mass is 344 g/mol. The fourth-order valence-corrected chi connectivity index (χ4v) is 2.45. The van der Waals surface area contributed by atoms with E-state index in [0.29, 0.717) is 11.1 Å². The Kier molecular flexibility index (Phi) is 5.75. The van der Waals surface area contributed by atoms with Crippen molar-refractivity contribution in [2.24, 2.45) is 0 Å². The van der Waals surface area contributed by atoms with Crippen molar-refractivity contribution in [1.82, 2.24) is 5.32 Å². The first-order valence-corrected chi connectivity index (χ1v) is 7.87. The highest BCUT2D eigenvalue weighted by molar-refractivity contribution is 6.06. The number of ketones is 1. The Hall–Kier alpha value is -2.89. The third-order valence-corrected chi connectivity index (χ3v) is 4.05. The first-order chi connectivity index (χ1) is 11.8. The summed E-state index contributed by atoms with van der Waals surface area (Å²) < 4.78 is 18.8. The van der Waals surface area contributed by atoms with Crippen molar-refractivity contribution in [3.63, 3.8) is 0 Å². The number of alkyl carbamates (subject to hydrolysis) is 1. The second-order valence-electron chi connectivity index (χ2n) is 5.86. The molecule has 0 aliphatic rings. The summed E-state index contributed by atoms with van der Waals surface area (Å²) in [5.41, 5.74) is 7.72. The summed E-state index contributed by atoms with van der Waals surface area (Å²) in [6.45, 7) is 4.84. The molecule has 0 heterocycles. The average Bonchev–Trinajstić information content (AvgIpc) is 2.58. The van der Waals surface area contributed by atoms with Gasteiger partial charge in [-0.05, 0) is 43.5 Å². The van der Waals surface area contributed by atoms with Crippen LogP contribution < -0.4 is 11.1 Å². The predicted octanol–water partition coefficient (Wildman–Crippen LogP) is 3.52. The largest absolute Gasteiger partial charge is 0.445 e. The number of carbonyl (C=O) groups excluding carboxylic acids is 2. The van der Waals surface area contributed by atoms with Crippen LogP contribution in [0, 0.1) is 19.7 Å². The molecule has 0 bridgehead atoms. The van der Waals surface area contributed by atoms with E-state index in [1.165, 1.54) is 6.92 Å². The van der Waals surface area contributed by atoms with Gasteiger partial charge in [0.05, 0.1) is 6.04 Å². The van der Waals surface area contributed by atoms with Crippen molar-refractivity contribution in [1.29, 1.82) is 0 Å². The number of nitrogens with one attached hydrogen (secondary N) is 1. The molecule has 5 nitrogen and oxygen atoms in total. The van der Waals surface area contributed by atoms with E-state index in [1.807, 2.05) is 30.3 Å². The third-order valence-electron chi connectivity index (χ3n) is 4.05. The van der Waals surface area contributed by atoms with E-state index < -0.39 is 23.7 Å². The summed E-state index contributed by atoms with van der Waals surface area (Å²) >= 11 is 0. The number of hydrogen-bond acceptors (Lipinski definition) is 4. The topological polar surface area (TPSA) is 81.4 Å². The Morgan fingerprint density at radius 3 is 2.48 bits per heavy atom. The van der Waals surface area contributed by atoms with Crippen LogP contribution in [-0.4, -0.2) is 17.9 Å². The van der Waals surface area contributed by atoms with Gasteiger partial charge in [0.1, 0.15) is 12.4 Å². The number of ether oxygens (including phenoxy) is 1. The summed E-state index contributed by atoms with van der Waals surface area (Å²) in [6, 6.07) is 9.46. The maximum Gasteiger partial charge on any atom is 0.408 e.